The molecular weight excluding hydrogens is 221 g/mol. The van der Waals surface area contributed by atoms with Gasteiger partial charge in [-0.05, 0) is 6.07 Å². The second kappa shape index (κ2) is 4.74. The van der Waals surface area contributed by atoms with Crippen molar-refractivity contribution in [2.75, 3.05) is 5.73 Å². The Labute approximate surface area is 118 Å². The third-order valence-corrected chi connectivity index (χ3v) is 2.22. The van der Waals surface area contributed by atoms with E-state index in [4.69, 9.17) is 10.3 Å². The van der Waals surface area contributed by atoms with Crippen LogP contribution in [0.1, 0.15) is 0 Å². The topological polar surface area (TPSA) is 103 Å². The largest absolute Gasteiger partial charge is 1.00 e. The Bertz CT molecular complexity index is 403. The molecule has 1 rings (SSSR count). The Morgan fingerprint density at radius 1 is 1.38 bits per heavy atom. The van der Waals surface area contributed by atoms with Crippen LogP contribution in [0.15, 0.2) is 23.1 Å². The summed E-state index contributed by atoms with van der Waals surface area (Å²) in [5.41, 5.74) is 4.66. The van der Waals surface area contributed by atoms with Crippen LogP contribution in [0.25, 0.3) is 0 Å². The molecule has 1 aromatic carbocycles. The Morgan fingerprint density at radius 3 is 2.31 bits per heavy atom. The van der Waals surface area contributed by atoms with Crippen molar-refractivity contribution in [1.82, 2.24) is 0 Å². The maximum absolute atomic E-state index is 10.8. The fraction of sp³-hybridized carbons (Fsp3) is 0. The van der Waals surface area contributed by atoms with Crippen LogP contribution < -0.4 is 62.2 Å². The van der Waals surface area contributed by atoms with Gasteiger partial charge in [-0.2, -0.15) is 8.42 Å². The van der Waals surface area contributed by atoms with Crippen molar-refractivity contribution in [1.29, 1.82) is 0 Å². The molecule has 0 amide bonds. The third kappa shape index (κ3) is 3.20. The van der Waals surface area contributed by atoms with Crippen LogP contribution in [0.2, 0.25) is 0 Å². The molecule has 0 saturated carbocycles. The Hall–Kier alpha value is 0.366. The number of anilines is 1. The van der Waals surface area contributed by atoms with Crippen molar-refractivity contribution in [3.8, 4) is 5.75 Å². The number of rotatable bonds is 1. The van der Waals surface area contributed by atoms with E-state index in [2.05, 4.69) is 0 Å². The van der Waals surface area contributed by atoms with E-state index in [9.17, 15) is 13.5 Å². The van der Waals surface area contributed by atoms with E-state index in [0.717, 1.165) is 12.1 Å². The molecule has 0 aliphatic carbocycles. The second-order valence-corrected chi connectivity index (χ2v) is 3.53. The van der Waals surface area contributed by atoms with Gasteiger partial charge in [-0.1, -0.05) is 17.9 Å². The first-order valence-corrected chi connectivity index (χ1v) is 4.40. The van der Waals surface area contributed by atoms with Crippen LogP contribution in [0.4, 0.5) is 5.69 Å². The van der Waals surface area contributed by atoms with Crippen LogP contribution in [-0.2, 0) is 10.1 Å². The molecule has 3 N–H and O–H groups in total. The van der Waals surface area contributed by atoms with Gasteiger partial charge >= 0.3 is 51.4 Å². The van der Waals surface area contributed by atoms with Gasteiger partial charge in [0.05, 0.1) is 0 Å². The Morgan fingerprint density at radius 2 is 1.92 bits per heavy atom. The molecule has 1 aromatic rings. The van der Waals surface area contributed by atoms with Crippen LogP contribution >= 0.6 is 0 Å². The van der Waals surface area contributed by atoms with Gasteiger partial charge in [0.2, 0.25) is 0 Å². The van der Waals surface area contributed by atoms with Gasteiger partial charge in [-0.25, -0.2) is 0 Å². The van der Waals surface area contributed by atoms with Gasteiger partial charge in [-0.15, -0.1) is 0 Å². The fourth-order valence-electron chi connectivity index (χ4n) is 0.749. The van der Waals surface area contributed by atoms with E-state index in [-0.39, 0.29) is 51.4 Å². The van der Waals surface area contributed by atoms with Crippen LogP contribution in [0.5, 0.6) is 5.75 Å². The van der Waals surface area contributed by atoms with Crippen molar-refractivity contribution in [2.45, 2.75) is 4.90 Å². The smallest absolute Gasteiger partial charge is 0.871 e. The van der Waals surface area contributed by atoms with Crippen LogP contribution in [0.3, 0.4) is 0 Å². The predicted octanol–water partition coefficient (Wildman–Crippen LogP) is -3.41. The van der Waals surface area contributed by atoms with Crippen molar-refractivity contribution in [3.05, 3.63) is 18.2 Å². The van der Waals surface area contributed by atoms with Crippen molar-refractivity contribution in [3.63, 3.8) is 0 Å². The van der Waals surface area contributed by atoms with Crippen molar-refractivity contribution < 1.29 is 69.5 Å². The van der Waals surface area contributed by atoms with Gasteiger partial charge in [0.15, 0.2) is 0 Å². The zero-order valence-electron chi connectivity index (χ0n) is 6.89. The van der Waals surface area contributed by atoms with Crippen LogP contribution in [-0.4, -0.2) is 13.0 Å². The third-order valence-electron chi connectivity index (χ3n) is 1.30. The summed E-state index contributed by atoms with van der Waals surface area (Å²) in [5.74, 6) is -0.620. The van der Waals surface area contributed by atoms with E-state index in [1.807, 2.05) is 0 Å². The average Bonchev–Trinajstić information content (AvgIpc) is 1.92. The normalized spacial score (nSPS) is 10.5. The summed E-state index contributed by atoms with van der Waals surface area (Å²) < 4.78 is 29.6. The standard InChI is InChI=1S/C6H7NO4S.K/c7-6-4(8)2-1-3-5(6)12(9,10)11;/h1-3,8H,7H2,(H,9,10,11);/q;+1/p-1. The molecule has 0 atom stereocenters. The summed E-state index contributed by atoms with van der Waals surface area (Å²) in [5, 5.41) is 10.8. The predicted molar refractivity (Wildman–Crippen MR) is 40.1 cm³/mol. The number of para-hydroxylation sites is 1. The van der Waals surface area contributed by atoms with E-state index < -0.39 is 26.5 Å². The van der Waals surface area contributed by atoms with E-state index in [1.54, 1.807) is 0 Å². The van der Waals surface area contributed by atoms with Gasteiger partial charge in [-0.3, -0.25) is 4.55 Å². The zero-order valence-corrected chi connectivity index (χ0v) is 10.8. The maximum atomic E-state index is 10.8. The molecule has 0 aliphatic rings. The quantitative estimate of drug-likeness (QED) is 0.295. The van der Waals surface area contributed by atoms with E-state index in [0.29, 0.717) is 0 Å². The molecule has 0 radical (unpaired) electrons. The molecule has 0 saturated heterocycles. The Kier molecular flexibility index (Phi) is 4.87. The average molecular weight is 227 g/mol. The Balaban J connectivity index is 0.00000144. The molecule has 5 nitrogen and oxygen atoms in total. The summed E-state index contributed by atoms with van der Waals surface area (Å²) in [7, 11) is -4.38. The molecule has 0 aromatic heterocycles. The molecule has 7 heteroatoms. The molecule has 0 fully saturated rings. The number of benzene rings is 1. The summed E-state index contributed by atoms with van der Waals surface area (Å²) in [6.45, 7) is 0. The summed E-state index contributed by atoms with van der Waals surface area (Å²) >= 11 is 0. The van der Waals surface area contributed by atoms with Crippen LogP contribution in [0, 0.1) is 0 Å². The molecule has 66 valence electrons. The zero-order chi connectivity index (χ0) is 9.35. The summed E-state index contributed by atoms with van der Waals surface area (Å²) in [6.07, 6.45) is 0. The molecular formula is C6H6KNO4S. The minimum absolute atomic E-state index is 0. The first-order chi connectivity index (χ1) is 5.43. The van der Waals surface area contributed by atoms with Gasteiger partial charge in [0, 0.05) is 5.69 Å². The molecule has 0 bridgehead atoms. The molecule has 0 unspecified atom stereocenters. The second-order valence-electron chi connectivity index (χ2n) is 2.14. The molecule has 0 spiro atoms. The minimum atomic E-state index is -4.38. The first kappa shape index (κ1) is 13.4. The van der Waals surface area contributed by atoms with E-state index >= 15 is 0 Å². The van der Waals surface area contributed by atoms with Crippen molar-refractivity contribution >= 4 is 15.8 Å². The summed E-state index contributed by atoms with van der Waals surface area (Å²) in [6, 6.07) is 3.39. The number of nitrogen functional groups attached to an aromatic ring is 1. The number of nitrogens with two attached hydrogens (primary N) is 1. The molecule has 0 heterocycles. The molecule has 13 heavy (non-hydrogen) atoms. The monoisotopic (exact) mass is 227 g/mol. The van der Waals surface area contributed by atoms with Gasteiger partial charge in [0.1, 0.15) is 4.90 Å². The minimum Gasteiger partial charge on any atom is -0.871 e. The maximum Gasteiger partial charge on any atom is 1.00 e. The van der Waals surface area contributed by atoms with Crippen molar-refractivity contribution in [2.24, 2.45) is 0 Å². The fourth-order valence-corrected chi connectivity index (χ4v) is 1.38. The van der Waals surface area contributed by atoms with Gasteiger partial charge < -0.3 is 10.8 Å². The van der Waals surface area contributed by atoms with E-state index in [1.165, 1.54) is 6.07 Å². The molecule has 0 aliphatic heterocycles. The SMILES string of the molecule is Nc1c([O-])cccc1S(=O)(=O)O.[K+]. The summed E-state index contributed by atoms with van der Waals surface area (Å²) in [4.78, 5) is -0.546. The van der Waals surface area contributed by atoms with Gasteiger partial charge in [0.25, 0.3) is 10.1 Å². The number of hydrogen-bond donors (Lipinski definition) is 2. The first-order valence-electron chi connectivity index (χ1n) is 2.96. The number of hydrogen-bond acceptors (Lipinski definition) is 4.